The molecule has 132 valence electrons. The Bertz CT molecular complexity index is 792. The second-order valence-corrected chi connectivity index (χ2v) is 5.01. The number of esters is 1. The molecule has 8 heteroatoms. The lowest BCUT2D eigenvalue weighted by molar-refractivity contribution is -0.348. The van der Waals surface area contributed by atoms with Crippen LogP contribution in [0.1, 0.15) is 30.0 Å². The van der Waals surface area contributed by atoms with Gasteiger partial charge in [0.25, 0.3) is 0 Å². The number of hydrogen-bond donors (Lipinski definition) is 1. The molecule has 0 amide bonds. The van der Waals surface area contributed by atoms with Gasteiger partial charge in [-0.05, 0) is 19.1 Å². The van der Waals surface area contributed by atoms with Crippen molar-refractivity contribution in [1.29, 1.82) is 0 Å². The second-order valence-electron chi connectivity index (χ2n) is 5.01. The molecule has 0 unspecified atom stereocenters. The second kappa shape index (κ2) is 8.09. The van der Waals surface area contributed by atoms with Crippen LogP contribution in [-0.4, -0.2) is 41.1 Å². The summed E-state index contributed by atoms with van der Waals surface area (Å²) in [6.07, 6.45) is 2.00. The third-order valence-electron chi connectivity index (χ3n) is 3.38. The van der Waals surface area contributed by atoms with Crippen LogP contribution in [0.4, 0.5) is 17.2 Å². The standard InChI is InChI=1S/C17H20N4O4/c1-5-15-18-10-12(17(22)25-6-2)16(20-15)19-13-8-7-11(24-4)9-14(13)21(3)23/h7-10H,3,5-6H2,1-2,4H3,(H,18,19,20). The quantitative estimate of drug-likeness (QED) is 0.271. The van der Waals surface area contributed by atoms with Crippen molar-refractivity contribution in [2.75, 3.05) is 19.0 Å². The maximum Gasteiger partial charge on any atom is 0.343 e. The molecule has 1 aromatic carbocycles. The van der Waals surface area contributed by atoms with Crippen molar-refractivity contribution in [1.82, 2.24) is 9.97 Å². The zero-order valence-electron chi connectivity index (χ0n) is 14.4. The summed E-state index contributed by atoms with van der Waals surface area (Å²) in [5.74, 6) is 0.779. The Balaban J connectivity index is 2.48. The van der Waals surface area contributed by atoms with Crippen LogP contribution in [0.3, 0.4) is 0 Å². The smallest absolute Gasteiger partial charge is 0.343 e. The van der Waals surface area contributed by atoms with Crippen molar-refractivity contribution >= 4 is 29.9 Å². The van der Waals surface area contributed by atoms with Crippen molar-refractivity contribution in [2.24, 2.45) is 0 Å². The summed E-state index contributed by atoms with van der Waals surface area (Å²) in [6.45, 7) is 7.21. The van der Waals surface area contributed by atoms with Crippen LogP contribution in [0.15, 0.2) is 24.4 Å². The van der Waals surface area contributed by atoms with Crippen LogP contribution in [0.5, 0.6) is 5.75 Å². The summed E-state index contributed by atoms with van der Waals surface area (Å²) < 4.78 is 10.6. The van der Waals surface area contributed by atoms with Gasteiger partial charge in [-0.3, -0.25) is 0 Å². The first-order valence-electron chi connectivity index (χ1n) is 7.76. The number of anilines is 2. The monoisotopic (exact) mass is 344 g/mol. The number of ether oxygens (including phenoxy) is 2. The van der Waals surface area contributed by atoms with Crippen molar-refractivity contribution in [3.63, 3.8) is 0 Å². The fraction of sp³-hybridized carbons (Fsp3) is 0.294. The maximum absolute atomic E-state index is 12.1. The van der Waals surface area contributed by atoms with E-state index >= 15 is 0 Å². The number of nitrogens with zero attached hydrogens (tertiary/aromatic N) is 3. The minimum Gasteiger partial charge on any atom is -0.619 e. The number of rotatable bonds is 7. The first kappa shape index (κ1) is 18.2. The molecule has 0 fully saturated rings. The molecule has 0 atom stereocenters. The van der Waals surface area contributed by atoms with E-state index in [1.165, 1.54) is 19.4 Å². The highest BCUT2D eigenvalue weighted by molar-refractivity contribution is 5.95. The normalized spacial score (nSPS) is 10.2. The third-order valence-corrected chi connectivity index (χ3v) is 3.38. The Morgan fingerprint density at radius 3 is 2.76 bits per heavy atom. The summed E-state index contributed by atoms with van der Waals surface area (Å²) in [4.78, 5) is 20.6. The molecule has 0 saturated heterocycles. The van der Waals surface area contributed by atoms with E-state index in [1.807, 2.05) is 6.92 Å². The fourth-order valence-corrected chi connectivity index (χ4v) is 2.12. The molecule has 2 aromatic rings. The van der Waals surface area contributed by atoms with Gasteiger partial charge in [0, 0.05) is 12.6 Å². The van der Waals surface area contributed by atoms with Gasteiger partial charge in [-0.25, -0.2) is 14.8 Å². The molecule has 1 aromatic heterocycles. The van der Waals surface area contributed by atoms with E-state index in [2.05, 4.69) is 22.0 Å². The van der Waals surface area contributed by atoms with E-state index < -0.39 is 5.97 Å². The molecule has 1 heterocycles. The van der Waals surface area contributed by atoms with Crippen LogP contribution in [0, 0.1) is 5.21 Å². The molecular formula is C17H20N4O4. The number of benzene rings is 1. The Labute approximate surface area is 145 Å². The van der Waals surface area contributed by atoms with Crippen molar-refractivity contribution in [2.45, 2.75) is 20.3 Å². The Hall–Kier alpha value is -3.16. The SMILES string of the molecule is C=[N+]([O-])c1cc(OC)ccc1Nc1nc(CC)ncc1C(=O)OCC. The van der Waals surface area contributed by atoms with E-state index in [0.717, 1.165) is 0 Å². The minimum absolute atomic E-state index is 0.183. The predicted molar refractivity (Wildman–Crippen MR) is 94.1 cm³/mol. The highest BCUT2D eigenvalue weighted by Crippen LogP contribution is 2.31. The molecule has 8 nitrogen and oxygen atoms in total. The highest BCUT2D eigenvalue weighted by atomic mass is 16.5. The number of carbonyl (C=O) groups excluding carboxylic acids is 1. The Morgan fingerprint density at radius 2 is 2.16 bits per heavy atom. The van der Waals surface area contributed by atoms with Gasteiger partial charge in [0.05, 0.1) is 19.8 Å². The van der Waals surface area contributed by atoms with Gasteiger partial charge in [0.2, 0.25) is 5.69 Å². The van der Waals surface area contributed by atoms with Gasteiger partial charge in [-0.1, -0.05) is 6.92 Å². The van der Waals surface area contributed by atoms with E-state index in [9.17, 15) is 10.0 Å². The van der Waals surface area contributed by atoms with Gasteiger partial charge in [0.1, 0.15) is 35.4 Å². The van der Waals surface area contributed by atoms with Crippen LogP contribution in [0.25, 0.3) is 0 Å². The van der Waals surface area contributed by atoms with Crippen LogP contribution < -0.4 is 10.1 Å². The molecule has 0 spiro atoms. The van der Waals surface area contributed by atoms with Gasteiger partial charge >= 0.3 is 5.97 Å². The van der Waals surface area contributed by atoms with Crippen LogP contribution >= 0.6 is 0 Å². The molecule has 0 aliphatic carbocycles. The topological polar surface area (TPSA) is 99.4 Å². The van der Waals surface area contributed by atoms with Gasteiger partial charge in [-0.2, -0.15) is 4.74 Å². The third kappa shape index (κ3) is 4.23. The summed E-state index contributed by atoms with van der Waals surface area (Å²) in [5.41, 5.74) is 0.852. The lowest BCUT2D eigenvalue weighted by Crippen LogP contribution is -2.12. The summed E-state index contributed by atoms with van der Waals surface area (Å²) in [5, 5.41) is 14.8. The number of carbonyl (C=O) groups is 1. The zero-order chi connectivity index (χ0) is 18.4. The number of aryl methyl sites for hydroxylation is 1. The van der Waals surface area contributed by atoms with E-state index in [0.29, 0.717) is 28.4 Å². The average molecular weight is 344 g/mol. The molecule has 0 aliphatic heterocycles. The summed E-state index contributed by atoms with van der Waals surface area (Å²) in [6, 6.07) is 4.86. The van der Waals surface area contributed by atoms with Gasteiger partial charge in [0.15, 0.2) is 0 Å². The lowest BCUT2D eigenvalue weighted by atomic mass is 10.2. The summed E-state index contributed by atoms with van der Waals surface area (Å²) >= 11 is 0. The first-order valence-corrected chi connectivity index (χ1v) is 7.76. The van der Waals surface area contributed by atoms with Crippen molar-refractivity contribution in [3.8, 4) is 5.75 Å². The zero-order valence-corrected chi connectivity index (χ0v) is 14.4. The lowest BCUT2D eigenvalue weighted by Gasteiger charge is -2.14. The molecule has 2 rings (SSSR count). The average Bonchev–Trinajstić information content (AvgIpc) is 2.61. The molecule has 0 saturated carbocycles. The Morgan fingerprint density at radius 1 is 1.40 bits per heavy atom. The predicted octanol–water partition coefficient (Wildman–Crippen LogP) is 2.81. The molecule has 25 heavy (non-hydrogen) atoms. The van der Waals surface area contributed by atoms with Gasteiger partial charge in [-0.15, -0.1) is 0 Å². The van der Waals surface area contributed by atoms with Crippen LogP contribution in [0.2, 0.25) is 0 Å². The van der Waals surface area contributed by atoms with Crippen molar-refractivity contribution < 1.29 is 19.0 Å². The van der Waals surface area contributed by atoms with E-state index in [1.54, 1.807) is 19.1 Å². The van der Waals surface area contributed by atoms with E-state index in [-0.39, 0.29) is 23.7 Å². The van der Waals surface area contributed by atoms with Crippen molar-refractivity contribution in [3.05, 3.63) is 41.0 Å². The first-order chi connectivity index (χ1) is 12.0. The highest BCUT2D eigenvalue weighted by Gasteiger charge is 2.19. The van der Waals surface area contributed by atoms with Gasteiger partial charge < -0.3 is 20.0 Å². The fourth-order valence-electron chi connectivity index (χ4n) is 2.12. The number of nitrogens with one attached hydrogen (secondary N) is 1. The number of methoxy groups -OCH3 is 1. The Kier molecular flexibility index (Phi) is 5.89. The van der Waals surface area contributed by atoms with Crippen LogP contribution in [-0.2, 0) is 11.2 Å². The maximum atomic E-state index is 12.1. The van der Waals surface area contributed by atoms with E-state index in [4.69, 9.17) is 9.47 Å². The molecular weight excluding hydrogens is 324 g/mol. The largest absolute Gasteiger partial charge is 0.619 e. The number of hydrogen-bond acceptors (Lipinski definition) is 7. The summed E-state index contributed by atoms with van der Waals surface area (Å²) in [7, 11) is 1.50. The number of aromatic nitrogens is 2. The minimum atomic E-state index is -0.545. The molecule has 0 bridgehead atoms. The molecule has 1 N–H and O–H groups in total. The molecule has 0 radical (unpaired) electrons. The molecule has 0 aliphatic rings.